The van der Waals surface area contributed by atoms with E-state index in [9.17, 15) is 36.3 Å². The minimum atomic E-state index is -4.74. The van der Waals surface area contributed by atoms with Crippen molar-refractivity contribution in [1.82, 2.24) is 33.9 Å². The van der Waals surface area contributed by atoms with Gasteiger partial charge in [-0.3, -0.25) is 14.5 Å². The zero-order valence-electron chi connectivity index (χ0n) is 29.5. The molecule has 2 amide bonds. The number of hydrogen-bond acceptors (Lipinski definition) is 10. The van der Waals surface area contributed by atoms with Gasteiger partial charge in [-0.1, -0.05) is 18.5 Å². The number of ether oxygens (including phenoxy) is 1. The molecule has 1 N–H and O–H groups in total. The van der Waals surface area contributed by atoms with E-state index in [4.69, 9.17) is 16.3 Å². The van der Waals surface area contributed by atoms with E-state index in [1.165, 1.54) is 4.57 Å². The van der Waals surface area contributed by atoms with E-state index >= 15 is 0 Å². The molecule has 286 valence electrons. The maximum Gasteiger partial charge on any atom is 0.433 e. The summed E-state index contributed by atoms with van der Waals surface area (Å²) in [5.74, 6) is -0.418. The zero-order valence-corrected chi connectivity index (χ0v) is 30.3. The molecule has 14 nitrogen and oxygen atoms in total. The smallest absolute Gasteiger partial charge is 0.433 e. The molecule has 0 aromatic carbocycles. The number of pyridine rings is 1. The van der Waals surface area contributed by atoms with Crippen LogP contribution in [-0.4, -0.2) is 117 Å². The summed E-state index contributed by atoms with van der Waals surface area (Å²) < 4.78 is 73.6. The van der Waals surface area contributed by atoms with E-state index in [1.54, 1.807) is 44.5 Å². The molecule has 0 radical (unpaired) electrons. The first-order chi connectivity index (χ1) is 24.4. The normalized spacial score (nSPS) is 16.4. The summed E-state index contributed by atoms with van der Waals surface area (Å²) in [7, 11) is 1.66. The Bertz CT molecular complexity index is 1830. The highest BCUT2D eigenvalue weighted by Crippen LogP contribution is 2.31. The fourth-order valence-electron chi connectivity index (χ4n) is 6.38. The Morgan fingerprint density at radius 2 is 1.69 bits per heavy atom. The van der Waals surface area contributed by atoms with Crippen molar-refractivity contribution in [3.05, 3.63) is 39.0 Å². The van der Waals surface area contributed by atoms with Crippen molar-refractivity contribution in [3.63, 3.8) is 0 Å². The first-order valence-corrected chi connectivity index (χ1v) is 17.3. The first kappa shape index (κ1) is 39.0. The number of piperazine rings is 1. The van der Waals surface area contributed by atoms with Crippen LogP contribution < -0.4 is 20.7 Å². The summed E-state index contributed by atoms with van der Waals surface area (Å²) >= 11 is 6.01. The van der Waals surface area contributed by atoms with Crippen LogP contribution in [0.1, 0.15) is 51.9 Å². The average molecular weight is 761 g/mol. The van der Waals surface area contributed by atoms with E-state index in [-0.39, 0.29) is 68.3 Å². The van der Waals surface area contributed by atoms with Gasteiger partial charge in [0.1, 0.15) is 23.5 Å². The number of fused-ring (bicyclic) bond motifs is 1. The number of carbonyl (C=O) groups excluding carboxylic acids is 2. The predicted octanol–water partition coefficient (Wildman–Crippen LogP) is 4.38. The molecule has 0 bridgehead atoms. The Balaban J connectivity index is 1.48. The highest BCUT2D eigenvalue weighted by atomic mass is 35.5. The van der Waals surface area contributed by atoms with Gasteiger partial charge in [0, 0.05) is 45.3 Å². The fraction of sp³-hybridized carbons (Fsp3) is 0.625. The van der Waals surface area contributed by atoms with Crippen LogP contribution >= 0.6 is 11.6 Å². The summed E-state index contributed by atoms with van der Waals surface area (Å²) in [6.07, 6.45) is -6.29. The van der Waals surface area contributed by atoms with Crippen LogP contribution in [0.4, 0.5) is 44.1 Å². The Hall–Kier alpha value is -4.26. The molecule has 5 heterocycles. The van der Waals surface area contributed by atoms with Gasteiger partial charge in [0.2, 0.25) is 17.6 Å². The maximum absolute atomic E-state index is 14.2. The minimum absolute atomic E-state index is 0.0525. The van der Waals surface area contributed by atoms with Gasteiger partial charge >= 0.3 is 12.3 Å². The second-order valence-corrected chi connectivity index (χ2v) is 14.1. The predicted molar refractivity (Wildman–Crippen MR) is 183 cm³/mol. The topological polar surface area (TPSA) is 133 Å². The third-order valence-electron chi connectivity index (χ3n) is 8.91. The molecule has 2 fully saturated rings. The van der Waals surface area contributed by atoms with E-state index in [0.717, 1.165) is 10.6 Å². The number of rotatable bonds is 9. The number of piperidine rings is 1. The molecule has 0 aliphatic carbocycles. The highest BCUT2D eigenvalue weighted by molar-refractivity contribution is 6.32. The van der Waals surface area contributed by atoms with Gasteiger partial charge in [0.25, 0.3) is 12.0 Å². The van der Waals surface area contributed by atoms with E-state index < -0.39 is 53.2 Å². The Kier molecular flexibility index (Phi) is 11.5. The lowest BCUT2D eigenvalue weighted by Crippen LogP contribution is -2.51. The molecule has 0 spiro atoms. The fourth-order valence-corrected chi connectivity index (χ4v) is 6.59. The molecular weight excluding hydrogens is 719 g/mol. The monoisotopic (exact) mass is 760 g/mol. The van der Waals surface area contributed by atoms with Crippen LogP contribution in [0.15, 0.2) is 16.9 Å². The van der Waals surface area contributed by atoms with Crippen LogP contribution in [0.5, 0.6) is 0 Å². The molecule has 0 unspecified atom stereocenters. The van der Waals surface area contributed by atoms with Crippen molar-refractivity contribution in [3.8, 4) is 0 Å². The standard InChI is InChI=1S/C32H42ClF5N10O4/c1-6-21-25(44-13-15-46(16-14-44)30(51)52-31(2,3)4)27(50)48-29(41-28(42-48)45-11-9-19(10-12-45)43(5)17-23(34)35)47(21)18-24(49)39-20-7-8-22(32(36,37)38)40-26(20)33/h7-8,19,23H,6,9-18H2,1-5H3,(H,39,49). The molecule has 3 aromatic rings. The third-order valence-corrected chi connectivity index (χ3v) is 9.20. The van der Waals surface area contributed by atoms with E-state index in [2.05, 4.69) is 20.4 Å². The molecule has 3 aromatic heterocycles. The Morgan fingerprint density at radius 3 is 2.25 bits per heavy atom. The highest BCUT2D eigenvalue weighted by Gasteiger charge is 2.34. The van der Waals surface area contributed by atoms with Crippen LogP contribution in [0.2, 0.25) is 5.15 Å². The van der Waals surface area contributed by atoms with Gasteiger partial charge in [0.05, 0.1) is 17.9 Å². The van der Waals surface area contributed by atoms with Crippen LogP contribution in [0.3, 0.4) is 0 Å². The van der Waals surface area contributed by atoms with Gasteiger partial charge in [-0.15, -0.1) is 5.10 Å². The van der Waals surface area contributed by atoms with Gasteiger partial charge in [-0.25, -0.2) is 18.6 Å². The van der Waals surface area contributed by atoms with E-state index in [0.29, 0.717) is 37.7 Å². The second-order valence-electron chi connectivity index (χ2n) is 13.7. The van der Waals surface area contributed by atoms with E-state index in [1.807, 2.05) is 9.80 Å². The average Bonchev–Trinajstić information content (AvgIpc) is 3.51. The summed E-state index contributed by atoms with van der Waals surface area (Å²) in [6.45, 7) is 8.26. The van der Waals surface area contributed by atoms with Gasteiger partial charge in [-0.05, 0) is 59.2 Å². The minimum Gasteiger partial charge on any atom is -0.444 e. The number of anilines is 3. The molecule has 0 saturated carbocycles. The van der Waals surface area contributed by atoms with Gasteiger partial charge < -0.3 is 29.3 Å². The van der Waals surface area contributed by atoms with Crippen molar-refractivity contribution in [2.24, 2.45) is 0 Å². The molecule has 2 aliphatic rings. The lowest BCUT2D eigenvalue weighted by atomic mass is 10.0. The lowest BCUT2D eigenvalue weighted by molar-refractivity contribution is -0.141. The first-order valence-electron chi connectivity index (χ1n) is 16.9. The van der Waals surface area contributed by atoms with Crippen LogP contribution in [-0.2, 0) is 28.7 Å². The molecule has 2 aliphatic heterocycles. The summed E-state index contributed by atoms with van der Waals surface area (Å²) in [5, 5.41) is 6.50. The zero-order chi connectivity index (χ0) is 38.1. The summed E-state index contributed by atoms with van der Waals surface area (Å²) in [4.78, 5) is 55.3. The number of nitrogens with zero attached hydrogens (tertiary/aromatic N) is 9. The van der Waals surface area contributed by atoms with Crippen LogP contribution in [0.25, 0.3) is 5.78 Å². The Labute approximate surface area is 301 Å². The number of hydrogen-bond donors (Lipinski definition) is 1. The maximum atomic E-state index is 14.2. The number of amides is 2. The number of halogens is 6. The van der Waals surface area contributed by atoms with Crippen molar-refractivity contribution in [1.29, 1.82) is 0 Å². The number of alkyl halides is 5. The number of carbonyl (C=O) groups is 2. The quantitative estimate of drug-likeness (QED) is 0.248. The van der Waals surface area contributed by atoms with Gasteiger partial charge in [0.15, 0.2) is 5.15 Å². The van der Waals surface area contributed by atoms with Crippen molar-refractivity contribution < 1.29 is 36.3 Å². The molecular formula is C32H42ClF5N10O4. The van der Waals surface area contributed by atoms with Crippen molar-refractivity contribution in [2.45, 2.75) is 77.7 Å². The number of aromatic nitrogens is 5. The SMILES string of the molecule is CCc1c(N2CCN(C(=O)OC(C)(C)C)CC2)c(=O)n2nc(N3CCC(N(C)CC(F)F)CC3)nc2n1CC(=O)Nc1ccc(C(F)(F)F)nc1Cl. The number of nitrogens with one attached hydrogen (secondary N) is 1. The molecule has 5 rings (SSSR count). The molecule has 2 saturated heterocycles. The molecule has 0 atom stereocenters. The Morgan fingerprint density at radius 1 is 1.04 bits per heavy atom. The second kappa shape index (κ2) is 15.4. The largest absolute Gasteiger partial charge is 0.444 e. The van der Waals surface area contributed by atoms with Gasteiger partial charge in [-0.2, -0.15) is 22.7 Å². The van der Waals surface area contributed by atoms with Crippen LogP contribution in [0, 0.1) is 0 Å². The van der Waals surface area contributed by atoms with Crippen molar-refractivity contribution in [2.75, 3.05) is 68.0 Å². The third kappa shape index (κ3) is 8.85. The molecule has 52 heavy (non-hydrogen) atoms. The summed E-state index contributed by atoms with van der Waals surface area (Å²) in [5.41, 5.74) is -1.84. The van der Waals surface area contributed by atoms with Crippen molar-refractivity contribution >= 4 is 46.7 Å². The molecule has 20 heteroatoms. The summed E-state index contributed by atoms with van der Waals surface area (Å²) in [6, 6.07) is 1.63. The lowest BCUT2D eigenvalue weighted by Gasteiger charge is -2.37.